The lowest BCUT2D eigenvalue weighted by Crippen LogP contribution is -2.40. The van der Waals surface area contributed by atoms with E-state index < -0.39 is 30.4 Å². The minimum Gasteiger partial charge on any atom is -0.454 e. The molecule has 2 amide bonds. The molecule has 2 N–H and O–H groups in total. The molecule has 0 spiro atoms. The summed E-state index contributed by atoms with van der Waals surface area (Å²) in [5.41, 5.74) is 1.48. The Labute approximate surface area is 166 Å². The van der Waals surface area contributed by atoms with Gasteiger partial charge in [0.1, 0.15) is 6.04 Å². The Morgan fingerprint density at radius 2 is 1.70 bits per heavy atom. The van der Waals surface area contributed by atoms with E-state index >= 15 is 0 Å². The maximum Gasteiger partial charge on any atom is 0.328 e. The number of ether oxygens (including phenoxy) is 1. The van der Waals surface area contributed by atoms with Gasteiger partial charge in [-0.25, -0.2) is 4.79 Å². The van der Waals surface area contributed by atoms with Gasteiger partial charge in [-0.1, -0.05) is 41.4 Å². The molecule has 2 aromatic rings. The van der Waals surface area contributed by atoms with Gasteiger partial charge in [0.25, 0.3) is 11.8 Å². The highest BCUT2D eigenvalue weighted by Gasteiger charge is 2.20. The molecule has 0 heterocycles. The van der Waals surface area contributed by atoms with E-state index in [9.17, 15) is 14.4 Å². The van der Waals surface area contributed by atoms with Gasteiger partial charge in [-0.3, -0.25) is 9.59 Å². The molecule has 0 bridgehead atoms. The van der Waals surface area contributed by atoms with Gasteiger partial charge in [0.2, 0.25) is 0 Å². The lowest BCUT2D eigenvalue weighted by Gasteiger charge is -2.14. The molecule has 2 aromatic carbocycles. The summed E-state index contributed by atoms with van der Waals surface area (Å²) in [6.07, 6.45) is 0. The van der Waals surface area contributed by atoms with Crippen LogP contribution in [0, 0.1) is 6.92 Å². The molecule has 0 saturated heterocycles. The van der Waals surface area contributed by atoms with Gasteiger partial charge in [-0.2, -0.15) is 0 Å². The van der Waals surface area contributed by atoms with Crippen LogP contribution in [0.15, 0.2) is 42.5 Å². The topological polar surface area (TPSA) is 84.5 Å². The molecule has 0 fully saturated rings. The van der Waals surface area contributed by atoms with Crippen molar-refractivity contribution in [2.24, 2.45) is 0 Å². The number of carbonyl (C=O) groups is 3. The van der Waals surface area contributed by atoms with Crippen LogP contribution in [0.25, 0.3) is 0 Å². The van der Waals surface area contributed by atoms with Crippen LogP contribution in [-0.4, -0.2) is 30.4 Å². The first-order chi connectivity index (χ1) is 12.8. The predicted octanol–water partition coefficient (Wildman–Crippen LogP) is 3.60. The first-order valence-electron chi connectivity index (χ1n) is 8.06. The third-order valence-electron chi connectivity index (χ3n) is 3.71. The number of benzene rings is 2. The Morgan fingerprint density at radius 3 is 2.41 bits per heavy atom. The summed E-state index contributed by atoms with van der Waals surface area (Å²) < 4.78 is 4.94. The molecule has 0 radical (unpaired) electrons. The van der Waals surface area contributed by atoms with Crippen molar-refractivity contribution in [3.05, 3.63) is 63.6 Å². The summed E-state index contributed by atoms with van der Waals surface area (Å²) in [4.78, 5) is 36.1. The number of nitrogens with one attached hydrogen (secondary N) is 2. The molecule has 0 saturated carbocycles. The predicted molar refractivity (Wildman–Crippen MR) is 104 cm³/mol. The maximum atomic E-state index is 12.1. The molecular formula is C19H18Cl2N2O4. The van der Waals surface area contributed by atoms with Crippen LogP contribution in [0.1, 0.15) is 22.8 Å². The van der Waals surface area contributed by atoms with Gasteiger partial charge in [-0.05, 0) is 43.7 Å². The fourth-order valence-corrected chi connectivity index (χ4v) is 2.57. The van der Waals surface area contributed by atoms with Crippen LogP contribution in [0.2, 0.25) is 10.0 Å². The molecule has 0 aliphatic heterocycles. The minimum absolute atomic E-state index is 0.244. The molecule has 27 heavy (non-hydrogen) atoms. The van der Waals surface area contributed by atoms with Gasteiger partial charge in [0, 0.05) is 10.7 Å². The average molecular weight is 409 g/mol. The quantitative estimate of drug-likeness (QED) is 0.714. The normalized spacial score (nSPS) is 11.4. The van der Waals surface area contributed by atoms with Crippen LogP contribution in [0.4, 0.5) is 5.69 Å². The second-order valence-electron chi connectivity index (χ2n) is 5.74. The van der Waals surface area contributed by atoms with Gasteiger partial charge in [-0.15, -0.1) is 0 Å². The Morgan fingerprint density at radius 1 is 1.04 bits per heavy atom. The third kappa shape index (κ3) is 5.70. The number of rotatable bonds is 6. The summed E-state index contributed by atoms with van der Waals surface area (Å²) >= 11 is 11.9. The number of hydrogen-bond donors (Lipinski definition) is 2. The first-order valence-corrected chi connectivity index (χ1v) is 8.82. The van der Waals surface area contributed by atoms with Crippen LogP contribution in [0.3, 0.4) is 0 Å². The van der Waals surface area contributed by atoms with Gasteiger partial charge in [0.15, 0.2) is 6.61 Å². The molecule has 8 heteroatoms. The Bertz CT molecular complexity index is 871. The van der Waals surface area contributed by atoms with E-state index in [0.29, 0.717) is 16.3 Å². The van der Waals surface area contributed by atoms with Crippen molar-refractivity contribution >= 4 is 46.7 Å². The number of anilines is 1. The van der Waals surface area contributed by atoms with E-state index in [-0.39, 0.29) is 10.6 Å². The average Bonchev–Trinajstić information content (AvgIpc) is 2.63. The number of hydrogen-bond acceptors (Lipinski definition) is 4. The molecule has 6 nitrogen and oxygen atoms in total. The summed E-state index contributed by atoms with van der Waals surface area (Å²) in [5, 5.41) is 5.88. The minimum atomic E-state index is -0.950. The zero-order valence-electron chi connectivity index (χ0n) is 14.7. The number of halogens is 2. The fourth-order valence-electron chi connectivity index (χ4n) is 2.17. The van der Waals surface area contributed by atoms with Gasteiger partial charge >= 0.3 is 5.97 Å². The fraction of sp³-hybridized carbons (Fsp3) is 0.211. The molecule has 0 aliphatic carbocycles. The molecule has 2 rings (SSSR count). The lowest BCUT2D eigenvalue weighted by molar-refractivity contribution is -0.148. The highest BCUT2D eigenvalue weighted by molar-refractivity contribution is 6.33. The largest absolute Gasteiger partial charge is 0.454 e. The van der Waals surface area contributed by atoms with Crippen molar-refractivity contribution in [3.8, 4) is 0 Å². The summed E-state index contributed by atoms with van der Waals surface area (Å²) in [5.74, 6) is -1.77. The summed E-state index contributed by atoms with van der Waals surface area (Å²) in [6.45, 7) is 2.73. The lowest BCUT2D eigenvalue weighted by atomic mass is 10.2. The molecule has 1 unspecified atom stereocenters. The second-order valence-corrected chi connectivity index (χ2v) is 6.56. The Kier molecular flexibility index (Phi) is 7.21. The summed E-state index contributed by atoms with van der Waals surface area (Å²) in [6, 6.07) is 10.6. The Hall–Kier alpha value is -2.57. The highest BCUT2D eigenvalue weighted by Crippen LogP contribution is 2.22. The van der Waals surface area contributed by atoms with Crippen molar-refractivity contribution in [1.82, 2.24) is 5.32 Å². The van der Waals surface area contributed by atoms with E-state index in [2.05, 4.69) is 10.6 Å². The molecule has 1 atom stereocenters. The van der Waals surface area contributed by atoms with Crippen molar-refractivity contribution < 1.29 is 19.1 Å². The second kappa shape index (κ2) is 9.39. The van der Waals surface area contributed by atoms with E-state index in [1.54, 1.807) is 43.3 Å². The third-order valence-corrected chi connectivity index (χ3v) is 4.45. The SMILES string of the molecule is Cc1c(Cl)cccc1NC(=O)COC(=O)C(C)NC(=O)c1ccccc1Cl. The van der Waals surface area contributed by atoms with Crippen LogP contribution in [-0.2, 0) is 14.3 Å². The van der Waals surface area contributed by atoms with Crippen molar-refractivity contribution in [1.29, 1.82) is 0 Å². The van der Waals surface area contributed by atoms with Crippen molar-refractivity contribution in [2.75, 3.05) is 11.9 Å². The zero-order chi connectivity index (χ0) is 20.0. The molecule has 142 valence electrons. The van der Waals surface area contributed by atoms with Gasteiger partial charge in [0.05, 0.1) is 10.6 Å². The highest BCUT2D eigenvalue weighted by atomic mass is 35.5. The first kappa shape index (κ1) is 20.7. The van der Waals surface area contributed by atoms with Crippen LogP contribution in [0.5, 0.6) is 0 Å². The number of amides is 2. The van der Waals surface area contributed by atoms with Crippen molar-refractivity contribution in [3.63, 3.8) is 0 Å². The van der Waals surface area contributed by atoms with Crippen molar-refractivity contribution in [2.45, 2.75) is 19.9 Å². The Balaban J connectivity index is 1.85. The van der Waals surface area contributed by atoms with E-state index in [1.165, 1.54) is 13.0 Å². The number of carbonyl (C=O) groups excluding carboxylic acids is 3. The van der Waals surface area contributed by atoms with E-state index in [4.69, 9.17) is 27.9 Å². The van der Waals surface area contributed by atoms with E-state index in [1.807, 2.05) is 0 Å². The monoisotopic (exact) mass is 408 g/mol. The molecule has 0 aliphatic rings. The van der Waals surface area contributed by atoms with Crippen LogP contribution >= 0.6 is 23.2 Å². The molecular weight excluding hydrogens is 391 g/mol. The number of esters is 1. The standard InChI is InChI=1S/C19H18Cl2N2O4/c1-11-14(20)8-5-9-16(11)23-17(24)10-27-19(26)12(2)22-18(25)13-6-3-4-7-15(13)21/h3-9,12H,10H2,1-2H3,(H,22,25)(H,23,24). The zero-order valence-corrected chi connectivity index (χ0v) is 16.2. The maximum absolute atomic E-state index is 12.1. The van der Waals surface area contributed by atoms with Crippen LogP contribution < -0.4 is 10.6 Å². The van der Waals surface area contributed by atoms with E-state index in [0.717, 1.165) is 0 Å². The van der Waals surface area contributed by atoms with Gasteiger partial charge < -0.3 is 15.4 Å². The smallest absolute Gasteiger partial charge is 0.328 e. The summed E-state index contributed by atoms with van der Waals surface area (Å²) in [7, 11) is 0. The molecule has 0 aromatic heterocycles.